The zero-order valence-electron chi connectivity index (χ0n) is 21.6. The highest BCUT2D eigenvalue weighted by Crippen LogP contribution is 2.35. The van der Waals surface area contributed by atoms with Crippen LogP contribution < -0.4 is 4.74 Å². The molecule has 0 saturated carbocycles. The molecule has 0 aliphatic heterocycles. The van der Waals surface area contributed by atoms with Gasteiger partial charge in [-0.2, -0.15) is 5.10 Å². The standard InChI is InChI=1S/C28H27FN8O/c1-16-31-15-26(37(16)4)18-9-22-27(34-35-28(22)32-12-18)24-11-21-23(13-30-14-25(21)33-24)17-7-19(29)10-20(8-17)38-6-5-36(2)3/h7-15,33H,5-6H2,1-4H3,(H,32,34,35). The largest absolute Gasteiger partial charge is 0.492 e. The molecule has 192 valence electrons. The summed E-state index contributed by atoms with van der Waals surface area (Å²) in [5.41, 5.74) is 6.49. The summed E-state index contributed by atoms with van der Waals surface area (Å²) in [5, 5.41) is 9.33. The molecule has 6 rings (SSSR count). The fraction of sp³-hybridized carbons (Fsp3) is 0.214. The molecule has 0 radical (unpaired) electrons. The fourth-order valence-corrected chi connectivity index (χ4v) is 4.58. The number of imidazole rings is 1. The molecule has 0 aliphatic carbocycles. The number of rotatable bonds is 7. The third-order valence-electron chi connectivity index (χ3n) is 6.73. The number of benzene rings is 1. The van der Waals surface area contributed by atoms with E-state index in [2.05, 4.69) is 36.2 Å². The third-order valence-corrected chi connectivity index (χ3v) is 6.73. The Balaban J connectivity index is 1.41. The third kappa shape index (κ3) is 4.28. The maximum atomic E-state index is 14.6. The topological polar surface area (TPSA) is 101 Å². The van der Waals surface area contributed by atoms with Gasteiger partial charge in [0.05, 0.1) is 35.0 Å². The van der Waals surface area contributed by atoms with Crippen LogP contribution in [0.2, 0.25) is 0 Å². The fourth-order valence-electron chi connectivity index (χ4n) is 4.58. The van der Waals surface area contributed by atoms with Crippen LogP contribution in [0, 0.1) is 12.7 Å². The second-order valence-corrected chi connectivity index (χ2v) is 9.60. The van der Waals surface area contributed by atoms with Crippen LogP contribution in [0.15, 0.2) is 55.1 Å². The van der Waals surface area contributed by atoms with Crippen molar-refractivity contribution < 1.29 is 9.13 Å². The van der Waals surface area contributed by atoms with Gasteiger partial charge in [-0.25, -0.2) is 14.4 Å². The Hall–Kier alpha value is -4.57. The van der Waals surface area contributed by atoms with E-state index in [4.69, 9.17) is 4.74 Å². The van der Waals surface area contributed by atoms with Crippen LogP contribution in [-0.2, 0) is 7.05 Å². The molecule has 0 saturated heterocycles. The van der Waals surface area contributed by atoms with Crippen LogP contribution in [0.1, 0.15) is 5.82 Å². The molecule has 2 N–H and O–H groups in total. The van der Waals surface area contributed by atoms with E-state index in [9.17, 15) is 4.39 Å². The van der Waals surface area contributed by atoms with Crippen molar-refractivity contribution in [3.63, 3.8) is 0 Å². The van der Waals surface area contributed by atoms with E-state index in [1.54, 1.807) is 18.6 Å². The number of hydrogen-bond acceptors (Lipinski definition) is 6. The van der Waals surface area contributed by atoms with Gasteiger partial charge in [0.1, 0.15) is 24.0 Å². The van der Waals surface area contributed by atoms with Gasteiger partial charge in [0.2, 0.25) is 0 Å². The predicted molar refractivity (Wildman–Crippen MR) is 145 cm³/mol. The van der Waals surface area contributed by atoms with Gasteiger partial charge in [0.15, 0.2) is 5.65 Å². The van der Waals surface area contributed by atoms with Crippen LogP contribution in [0.3, 0.4) is 0 Å². The Bertz CT molecular complexity index is 1780. The number of pyridine rings is 2. The molecule has 0 aliphatic rings. The Morgan fingerprint density at radius 2 is 1.84 bits per heavy atom. The molecular formula is C28H27FN8O. The summed E-state index contributed by atoms with van der Waals surface area (Å²) >= 11 is 0. The van der Waals surface area contributed by atoms with Crippen LogP contribution in [0.5, 0.6) is 5.75 Å². The summed E-state index contributed by atoms with van der Waals surface area (Å²) in [5.74, 6) is 1.05. The van der Waals surface area contributed by atoms with Crippen molar-refractivity contribution in [2.45, 2.75) is 6.92 Å². The van der Waals surface area contributed by atoms with E-state index >= 15 is 0 Å². The van der Waals surface area contributed by atoms with Crippen LogP contribution >= 0.6 is 0 Å². The molecular weight excluding hydrogens is 483 g/mol. The van der Waals surface area contributed by atoms with Crippen LogP contribution in [0.4, 0.5) is 4.39 Å². The first-order valence-electron chi connectivity index (χ1n) is 12.3. The Kier molecular flexibility index (Phi) is 5.88. The van der Waals surface area contributed by atoms with E-state index < -0.39 is 0 Å². The summed E-state index contributed by atoms with van der Waals surface area (Å²) in [6.07, 6.45) is 7.15. The van der Waals surface area contributed by atoms with Crippen molar-refractivity contribution in [1.29, 1.82) is 0 Å². The molecule has 5 heterocycles. The predicted octanol–water partition coefficient (Wildman–Crippen LogP) is 4.96. The van der Waals surface area contributed by atoms with Gasteiger partial charge in [-0.05, 0) is 50.8 Å². The minimum atomic E-state index is -0.362. The molecule has 6 aromatic rings. The number of aromatic nitrogens is 7. The maximum Gasteiger partial charge on any atom is 0.181 e. The number of nitrogens with zero attached hydrogens (tertiary/aromatic N) is 6. The first kappa shape index (κ1) is 23.8. The Morgan fingerprint density at radius 3 is 2.63 bits per heavy atom. The second-order valence-electron chi connectivity index (χ2n) is 9.60. The molecule has 10 heteroatoms. The maximum absolute atomic E-state index is 14.6. The van der Waals surface area contributed by atoms with Gasteiger partial charge in [-0.15, -0.1) is 0 Å². The first-order valence-corrected chi connectivity index (χ1v) is 12.3. The van der Waals surface area contributed by atoms with E-state index in [0.717, 1.165) is 56.9 Å². The molecule has 0 atom stereocenters. The lowest BCUT2D eigenvalue weighted by Gasteiger charge is -2.12. The van der Waals surface area contributed by atoms with E-state index in [-0.39, 0.29) is 5.82 Å². The monoisotopic (exact) mass is 510 g/mol. The number of ether oxygens (including phenoxy) is 1. The van der Waals surface area contributed by atoms with Crippen LogP contribution in [-0.4, -0.2) is 66.8 Å². The Morgan fingerprint density at radius 1 is 0.974 bits per heavy atom. The number of likely N-dealkylation sites (N-methyl/N-ethyl adjacent to an activating group) is 1. The lowest BCUT2D eigenvalue weighted by molar-refractivity contribution is 0.260. The van der Waals surface area contributed by atoms with Crippen molar-refractivity contribution in [2.75, 3.05) is 27.2 Å². The normalized spacial score (nSPS) is 11.7. The number of fused-ring (bicyclic) bond motifs is 2. The highest BCUT2D eigenvalue weighted by atomic mass is 19.1. The summed E-state index contributed by atoms with van der Waals surface area (Å²) in [6.45, 7) is 3.17. The van der Waals surface area contributed by atoms with E-state index in [0.29, 0.717) is 23.6 Å². The number of halogens is 1. The van der Waals surface area contributed by atoms with Crippen molar-refractivity contribution in [3.05, 3.63) is 66.8 Å². The molecule has 0 fully saturated rings. The van der Waals surface area contributed by atoms with E-state index in [1.165, 1.54) is 12.1 Å². The summed E-state index contributed by atoms with van der Waals surface area (Å²) in [7, 11) is 5.92. The lowest BCUT2D eigenvalue weighted by atomic mass is 10.0. The summed E-state index contributed by atoms with van der Waals surface area (Å²) in [4.78, 5) is 18.8. The molecule has 0 amide bonds. The van der Waals surface area contributed by atoms with Gasteiger partial charge in [-0.3, -0.25) is 10.1 Å². The molecule has 1 aromatic carbocycles. The van der Waals surface area contributed by atoms with Crippen molar-refractivity contribution in [3.8, 4) is 39.5 Å². The lowest BCUT2D eigenvalue weighted by Crippen LogP contribution is -2.19. The van der Waals surface area contributed by atoms with Gasteiger partial charge >= 0.3 is 0 Å². The first-order chi connectivity index (χ1) is 18.4. The minimum absolute atomic E-state index is 0.362. The molecule has 9 nitrogen and oxygen atoms in total. The summed E-state index contributed by atoms with van der Waals surface area (Å²) in [6, 6.07) is 8.84. The average Bonchev–Trinajstić information content (AvgIpc) is 3.59. The second kappa shape index (κ2) is 9.38. The molecule has 0 unspecified atom stereocenters. The number of aromatic amines is 2. The minimum Gasteiger partial charge on any atom is -0.492 e. The smallest absolute Gasteiger partial charge is 0.181 e. The van der Waals surface area contributed by atoms with Crippen molar-refractivity contribution in [1.82, 2.24) is 39.6 Å². The number of hydrogen-bond donors (Lipinski definition) is 2. The van der Waals surface area contributed by atoms with Gasteiger partial charge in [-0.1, -0.05) is 0 Å². The molecule has 0 spiro atoms. The van der Waals surface area contributed by atoms with Gasteiger partial charge in [0, 0.05) is 54.0 Å². The molecule has 38 heavy (non-hydrogen) atoms. The highest BCUT2D eigenvalue weighted by molar-refractivity contribution is 6.00. The van der Waals surface area contributed by atoms with Crippen LogP contribution in [0.25, 0.3) is 55.7 Å². The zero-order chi connectivity index (χ0) is 26.4. The summed E-state index contributed by atoms with van der Waals surface area (Å²) < 4.78 is 22.4. The SMILES string of the molecule is Cc1ncc(-c2cnc3n[nH]c(-c4cc5c(-c6cc(F)cc(OCCN(C)C)c6)cncc5[nH]4)c3c2)n1C. The van der Waals surface area contributed by atoms with Crippen molar-refractivity contribution >= 4 is 21.9 Å². The Labute approximate surface area is 218 Å². The molecule has 0 bridgehead atoms. The zero-order valence-corrected chi connectivity index (χ0v) is 21.6. The number of aryl methyl sites for hydroxylation is 1. The average molecular weight is 511 g/mol. The quantitative estimate of drug-likeness (QED) is 0.315. The number of nitrogens with one attached hydrogen (secondary N) is 2. The van der Waals surface area contributed by atoms with Gasteiger partial charge < -0.3 is 19.2 Å². The van der Waals surface area contributed by atoms with Gasteiger partial charge in [0.25, 0.3) is 0 Å². The highest BCUT2D eigenvalue weighted by Gasteiger charge is 2.17. The van der Waals surface area contributed by atoms with E-state index in [1.807, 2.05) is 55.9 Å². The number of H-pyrrole nitrogens is 2. The van der Waals surface area contributed by atoms with Crippen molar-refractivity contribution in [2.24, 2.45) is 7.05 Å². The molecule has 5 aromatic heterocycles.